The maximum Gasteiger partial charge on any atom is 0.127 e. The molecule has 3 aromatic carbocycles. The highest BCUT2D eigenvalue weighted by Crippen LogP contribution is 2.45. The Morgan fingerprint density at radius 1 is 0.733 bits per heavy atom. The van der Waals surface area contributed by atoms with Gasteiger partial charge in [-0.25, -0.2) is 0 Å². The van der Waals surface area contributed by atoms with Crippen LogP contribution in [0.5, 0.6) is 0 Å². The first kappa shape index (κ1) is 20.8. The van der Waals surface area contributed by atoms with Gasteiger partial charge in [0.05, 0.1) is 6.10 Å². The molecule has 0 aliphatic heterocycles. The van der Waals surface area contributed by atoms with Gasteiger partial charge >= 0.3 is 0 Å². The van der Waals surface area contributed by atoms with Crippen molar-refractivity contribution in [1.29, 1.82) is 0 Å². The van der Waals surface area contributed by atoms with Crippen LogP contribution in [0.15, 0.2) is 96.6 Å². The number of rotatable bonds is 5. The first-order chi connectivity index (χ1) is 14.4. The van der Waals surface area contributed by atoms with Crippen molar-refractivity contribution in [3.8, 4) is 0 Å². The highest BCUT2D eigenvalue weighted by Gasteiger charge is 2.48. The zero-order valence-electron chi connectivity index (χ0n) is 18.3. The number of aliphatic hydroxyl groups is 1. The molecule has 0 radical (unpaired) electrons. The van der Waals surface area contributed by atoms with Crippen LogP contribution in [0, 0.1) is 0 Å². The largest absolute Gasteiger partial charge is 0.392 e. The van der Waals surface area contributed by atoms with Crippen molar-refractivity contribution < 1.29 is 5.11 Å². The zero-order valence-corrected chi connectivity index (χ0v) is 19.3. The van der Waals surface area contributed by atoms with E-state index in [1.54, 1.807) is 0 Å². The summed E-state index contributed by atoms with van der Waals surface area (Å²) in [7, 11) is -2.19. The standard InChI is InChI=1S/C28H32OSi/c1-28(2,3)30(25-15-9-5-10-16-25,26-17-11-6-12-18-26)21-23-19-24(29)20-27(23)22-13-7-4-8-14-22/h4-18,24,29H,19-21H2,1-3H3. The molecule has 1 aliphatic rings. The molecule has 0 fully saturated rings. The van der Waals surface area contributed by atoms with Gasteiger partial charge in [0.2, 0.25) is 0 Å². The van der Waals surface area contributed by atoms with Gasteiger partial charge < -0.3 is 5.11 Å². The molecule has 1 unspecified atom stereocenters. The quantitative estimate of drug-likeness (QED) is 0.536. The Morgan fingerprint density at radius 3 is 1.67 bits per heavy atom. The van der Waals surface area contributed by atoms with Gasteiger partial charge in [0.15, 0.2) is 0 Å². The number of benzene rings is 3. The lowest BCUT2D eigenvalue weighted by Crippen LogP contribution is -2.64. The molecule has 0 amide bonds. The smallest absolute Gasteiger partial charge is 0.127 e. The van der Waals surface area contributed by atoms with Crippen LogP contribution in [0.3, 0.4) is 0 Å². The highest BCUT2D eigenvalue weighted by atomic mass is 28.3. The lowest BCUT2D eigenvalue weighted by Gasteiger charge is -2.45. The normalized spacial score (nSPS) is 17.4. The van der Waals surface area contributed by atoms with Crippen molar-refractivity contribution >= 4 is 24.0 Å². The van der Waals surface area contributed by atoms with E-state index in [0.717, 1.165) is 18.9 Å². The molecule has 0 bridgehead atoms. The monoisotopic (exact) mass is 412 g/mol. The summed E-state index contributed by atoms with van der Waals surface area (Å²) >= 11 is 0. The number of hydrogen-bond acceptors (Lipinski definition) is 1. The third-order valence-electron chi connectivity index (χ3n) is 6.76. The molecule has 30 heavy (non-hydrogen) atoms. The SMILES string of the molecule is CC(C)(C)[Si](CC1=C(c2ccccc2)CC(O)C1)(c1ccccc1)c1ccccc1. The number of hydrogen-bond donors (Lipinski definition) is 1. The Balaban J connectivity index is 1.93. The van der Waals surface area contributed by atoms with Crippen molar-refractivity contribution in [2.24, 2.45) is 0 Å². The second-order valence-corrected chi connectivity index (χ2v) is 14.4. The van der Waals surface area contributed by atoms with Crippen LogP contribution in [0.2, 0.25) is 11.1 Å². The average Bonchev–Trinajstić information content (AvgIpc) is 3.13. The van der Waals surface area contributed by atoms with E-state index in [9.17, 15) is 5.11 Å². The van der Waals surface area contributed by atoms with E-state index in [1.165, 1.54) is 27.1 Å². The minimum Gasteiger partial charge on any atom is -0.392 e. The fraction of sp³-hybridized carbons (Fsp3) is 0.286. The van der Waals surface area contributed by atoms with Crippen LogP contribution in [0.25, 0.3) is 5.57 Å². The molecular weight excluding hydrogens is 380 g/mol. The minimum absolute atomic E-state index is 0.123. The van der Waals surface area contributed by atoms with Crippen LogP contribution in [0.1, 0.15) is 39.2 Å². The second kappa shape index (κ2) is 8.37. The molecule has 2 heteroatoms. The minimum atomic E-state index is -2.19. The van der Waals surface area contributed by atoms with Gasteiger partial charge in [-0.3, -0.25) is 0 Å². The van der Waals surface area contributed by atoms with Crippen LogP contribution in [0.4, 0.5) is 0 Å². The summed E-state index contributed by atoms with van der Waals surface area (Å²) in [6.45, 7) is 7.23. The first-order valence-electron chi connectivity index (χ1n) is 11.0. The summed E-state index contributed by atoms with van der Waals surface area (Å²) in [5.74, 6) is 0. The fourth-order valence-corrected chi connectivity index (χ4v) is 10.8. The molecule has 0 aromatic heterocycles. The molecule has 1 N–H and O–H groups in total. The predicted octanol–water partition coefficient (Wildman–Crippen LogP) is 5.66. The summed E-state index contributed by atoms with van der Waals surface area (Å²) < 4.78 is 0. The molecule has 154 valence electrons. The average molecular weight is 413 g/mol. The molecule has 1 atom stereocenters. The fourth-order valence-electron chi connectivity index (χ4n) is 5.27. The first-order valence-corrected chi connectivity index (χ1v) is 13.2. The Kier molecular flexibility index (Phi) is 5.81. The number of aliphatic hydroxyl groups excluding tert-OH is 1. The maximum absolute atomic E-state index is 10.6. The Bertz CT molecular complexity index is 961. The van der Waals surface area contributed by atoms with E-state index in [4.69, 9.17) is 0 Å². The second-order valence-electron chi connectivity index (χ2n) is 9.57. The predicted molar refractivity (Wildman–Crippen MR) is 131 cm³/mol. The molecule has 0 saturated carbocycles. The van der Waals surface area contributed by atoms with Crippen molar-refractivity contribution in [3.05, 3.63) is 102 Å². The highest BCUT2D eigenvalue weighted by molar-refractivity contribution is 7.04. The molecule has 1 aliphatic carbocycles. The Morgan fingerprint density at radius 2 is 1.20 bits per heavy atom. The summed E-state index contributed by atoms with van der Waals surface area (Å²) in [5, 5.41) is 13.7. The van der Waals surface area contributed by atoms with Crippen LogP contribution in [-0.4, -0.2) is 19.3 Å². The topological polar surface area (TPSA) is 20.2 Å². The van der Waals surface area contributed by atoms with Crippen molar-refractivity contribution in [2.45, 2.75) is 50.8 Å². The van der Waals surface area contributed by atoms with Crippen LogP contribution >= 0.6 is 0 Å². The van der Waals surface area contributed by atoms with Gasteiger partial charge in [0.25, 0.3) is 0 Å². The van der Waals surface area contributed by atoms with Crippen molar-refractivity contribution in [1.82, 2.24) is 0 Å². The van der Waals surface area contributed by atoms with E-state index < -0.39 is 8.07 Å². The van der Waals surface area contributed by atoms with Gasteiger partial charge in [-0.05, 0) is 35.1 Å². The molecular formula is C28H32OSi. The molecule has 0 heterocycles. The van der Waals surface area contributed by atoms with Crippen molar-refractivity contribution in [3.63, 3.8) is 0 Å². The summed E-state index contributed by atoms with van der Waals surface area (Å²) in [6.07, 6.45) is 1.28. The van der Waals surface area contributed by atoms with E-state index in [1.807, 2.05) is 0 Å². The lowest BCUT2D eigenvalue weighted by atomic mass is 10.0. The molecule has 0 saturated heterocycles. The molecule has 3 aromatic rings. The van der Waals surface area contributed by atoms with Gasteiger partial charge in [0.1, 0.15) is 8.07 Å². The van der Waals surface area contributed by atoms with E-state index in [0.29, 0.717) is 0 Å². The van der Waals surface area contributed by atoms with E-state index >= 15 is 0 Å². The van der Waals surface area contributed by atoms with Crippen LogP contribution in [-0.2, 0) is 0 Å². The van der Waals surface area contributed by atoms with Gasteiger partial charge in [-0.2, -0.15) is 0 Å². The zero-order chi connectivity index (χ0) is 21.2. The Labute approximate surface area is 182 Å². The summed E-state index contributed by atoms with van der Waals surface area (Å²) in [5.41, 5.74) is 4.07. The van der Waals surface area contributed by atoms with Crippen LogP contribution < -0.4 is 10.4 Å². The third-order valence-corrected chi connectivity index (χ3v) is 12.9. The summed E-state index contributed by atoms with van der Waals surface area (Å²) in [4.78, 5) is 0. The molecule has 0 spiro atoms. The third kappa shape index (κ3) is 3.82. The Hall–Kier alpha value is -2.42. The molecule has 4 rings (SSSR count). The maximum atomic E-state index is 10.6. The van der Waals surface area contributed by atoms with E-state index in [2.05, 4.69) is 112 Å². The van der Waals surface area contributed by atoms with Crippen molar-refractivity contribution in [2.75, 3.05) is 0 Å². The van der Waals surface area contributed by atoms with E-state index in [-0.39, 0.29) is 11.1 Å². The summed E-state index contributed by atoms with van der Waals surface area (Å²) in [6, 6.07) is 34.0. The van der Waals surface area contributed by atoms with Gasteiger partial charge in [0, 0.05) is 0 Å². The lowest BCUT2D eigenvalue weighted by molar-refractivity contribution is 0.189. The van der Waals surface area contributed by atoms with Gasteiger partial charge in [-0.1, -0.05) is 128 Å². The van der Waals surface area contributed by atoms with Gasteiger partial charge in [-0.15, -0.1) is 0 Å². The molecule has 1 nitrogen and oxygen atoms in total.